The number of aromatic nitrogens is 3. The van der Waals surface area contributed by atoms with Gasteiger partial charge in [-0.25, -0.2) is 9.37 Å². The predicted octanol–water partition coefficient (Wildman–Crippen LogP) is 2.02. The average molecular weight is 339 g/mol. The van der Waals surface area contributed by atoms with E-state index in [2.05, 4.69) is 25.8 Å². The highest BCUT2D eigenvalue weighted by atomic mass is 19.1. The minimum Gasteiger partial charge on any atom is -0.351 e. The smallest absolute Gasteiger partial charge is 0.234 e. The van der Waals surface area contributed by atoms with E-state index < -0.39 is 0 Å². The molecule has 0 radical (unpaired) electrons. The molecule has 1 heterocycles. The zero-order valence-electron chi connectivity index (χ0n) is 13.5. The van der Waals surface area contributed by atoms with Gasteiger partial charge in [-0.2, -0.15) is 5.10 Å². The summed E-state index contributed by atoms with van der Waals surface area (Å²) in [5.41, 5.74) is 1.38. The maximum Gasteiger partial charge on any atom is 0.234 e. The number of rotatable bonds is 7. The number of H-pyrrole nitrogens is 1. The molecule has 6 nitrogen and oxygen atoms in total. The van der Waals surface area contributed by atoms with E-state index in [1.165, 1.54) is 6.07 Å². The second-order valence-corrected chi connectivity index (χ2v) is 5.44. The van der Waals surface area contributed by atoms with Crippen molar-refractivity contribution in [3.05, 3.63) is 71.8 Å². The summed E-state index contributed by atoms with van der Waals surface area (Å²) in [5.74, 6) is 0.707. The number of hydrogen-bond acceptors (Lipinski definition) is 4. The van der Waals surface area contributed by atoms with Crippen LogP contribution in [0, 0.1) is 5.82 Å². The summed E-state index contributed by atoms with van der Waals surface area (Å²) in [6, 6.07) is 16.0. The number of amides is 1. The maximum atomic E-state index is 13.5. The van der Waals surface area contributed by atoms with Crippen molar-refractivity contribution in [3.8, 4) is 11.4 Å². The third-order valence-corrected chi connectivity index (χ3v) is 3.58. The Morgan fingerprint density at radius 1 is 1.04 bits per heavy atom. The van der Waals surface area contributed by atoms with E-state index in [0.717, 1.165) is 5.56 Å². The molecule has 0 atom stereocenters. The Morgan fingerprint density at radius 2 is 1.80 bits per heavy atom. The van der Waals surface area contributed by atoms with Crippen LogP contribution in [0.1, 0.15) is 11.4 Å². The third kappa shape index (κ3) is 4.71. The molecule has 7 heteroatoms. The van der Waals surface area contributed by atoms with Crippen molar-refractivity contribution in [1.82, 2.24) is 25.8 Å². The quantitative estimate of drug-likeness (QED) is 0.615. The van der Waals surface area contributed by atoms with E-state index in [1.54, 1.807) is 18.2 Å². The van der Waals surface area contributed by atoms with Gasteiger partial charge in [-0.15, -0.1) is 0 Å². The van der Waals surface area contributed by atoms with Gasteiger partial charge in [-0.1, -0.05) is 48.5 Å². The maximum absolute atomic E-state index is 13.5. The molecule has 0 aliphatic heterocycles. The molecule has 0 bridgehead atoms. The van der Waals surface area contributed by atoms with Gasteiger partial charge < -0.3 is 10.6 Å². The van der Waals surface area contributed by atoms with E-state index >= 15 is 0 Å². The molecule has 3 N–H and O–H groups in total. The molecule has 0 saturated heterocycles. The van der Waals surface area contributed by atoms with Crippen LogP contribution in [0.25, 0.3) is 11.4 Å². The Bertz CT molecular complexity index is 834. The number of halogens is 1. The molecule has 0 fully saturated rings. The van der Waals surface area contributed by atoms with Crippen LogP contribution >= 0.6 is 0 Å². The molecule has 1 amide bonds. The first-order valence-electron chi connectivity index (χ1n) is 7.90. The van der Waals surface area contributed by atoms with Crippen molar-refractivity contribution in [2.45, 2.75) is 13.1 Å². The second kappa shape index (κ2) is 8.16. The van der Waals surface area contributed by atoms with Crippen LogP contribution in [0.15, 0.2) is 54.6 Å². The van der Waals surface area contributed by atoms with Crippen molar-refractivity contribution in [3.63, 3.8) is 0 Å². The number of carbonyl (C=O) groups excluding carboxylic acids is 1. The van der Waals surface area contributed by atoms with Crippen LogP contribution in [-0.4, -0.2) is 27.6 Å². The van der Waals surface area contributed by atoms with Gasteiger partial charge in [-0.3, -0.25) is 9.89 Å². The Hall–Kier alpha value is -3.06. The van der Waals surface area contributed by atoms with Crippen LogP contribution < -0.4 is 10.6 Å². The van der Waals surface area contributed by atoms with E-state index in [1.807, 2.05) is 30.3 Å². The normalized spacial score (nSPS) is 10.6. The number of hydrogen-bond donors (Lipinski definition) is 3. The number of nitrogens with zero attached hydrogens (tertiary/aromatic N) is 2. The summed E-state index contributed by atoms with van der Waals surface area (Å²) in [7, 11) is 0. The summed E-state index contributed by atoms with van der Waals surface area (Å²) in [4.78, 5) is 16.2. The average Bonchev–Trinajstić information content (AvgIpc) is 3.11. The largest absolute Gasteiger partial charge is 0.351 e. The lowest BCUT2D eigenvalue weighted by atomic mass is 10.2. The van der Waals surface area contributed by atoms with Gasteiger partial charge in [0.25, 0.3) is 0 Å². The molecule has 0 spiro atoms. The molecule has 0 aliphatic rings. The highest BCUT2D eigenvalue weighted by Gasteiger charge is 2.07. The minimum atomic E-state index is -0.328. The Balaban J connectivity index is 1.43. The monoisotopic (exact) mass is 339 g/mol. The lowest BCUT2D eigenvalue weighted by Gasteiger charge is -2.06. The molecule has 2 aromatic carbocycles. The fourth-order valence-electron chi connectivity index (χ4n) is 2.28. The fourth-order valence-corrected chi connectivity index (χ4v) is 2.28. The molecule has 1 aromatic heterocycles. The fraction of sp³-hybridized carbons (Fsp3) is 0.167. The van der Waals surface area contributed by atoms with Crippen LogP contribution in [0.3, 0.4) is 0 Å². The number of nitrogens with one attached hydrogen (secondary N) is 3. The first kappa shape index (κ1) is 16.8. The van der Waals surface area contributed by atoms with Gasteiger partial charge in [0.2, 0.25) is 5.91 Å². The molecular weight excluding hydrogens is 321 g/mol. The van der Waals surface area contributed by atoms with Gasteiger partial charge in [-0.05, 0) is 6.07 Å². The summed E-state index contributed by atoms with van der Waals surface area (Å²) in [5, 5.41) is 12.6. The Labute approximate surface area is 144 Å². The Kier molecular flexibility index (Phi) is 5.48. The van der Waals surface area contributed by atoms with Crippen LogP contribution in [-0.2, 0) is 17.9 Å². The standard InChI is InChI=1S/C18H18FN5O/c19-15-9-5-4-8-14(15)10-21-17(25)12-20-11-16-22-18(24-23-16)13-6-2-1-3-7-13/h1-9,20H,10-12H2,(H,21,25)(H,22,23,24). The first-order chi connectivity index (χ1) is 12.2. The van der Waals surface area contributed by atoms with Crippen molar-refractivity contribution in [2.24, 2.45) is 0 Å². The SMILES string of the molecule is O=C(CNCc1nc(-c2ccccc2)n[nH]1)NCc1ccccc1F. The minimum absolute atomic E-state index is 0.107. The van der Waals surface area contributed by atoms with Crippen LogP contribution in [0.2, 0.25) is 0 Å². The van der Waals surface area contributed by atoms with Gasteiger partial charge in [0, 0.05) is 17.7 Å². The Morgan fingerprint density at radius 3 is 2.60 bits per heavy atom. The predicted molar refractivity (Wildman–Crippen MR) is 91.8 cm³/mol. The van der Waals surface area contributed by atoms with E-state index in [-0.39, 0.29) is 24.8 Å². The molecule has 0 unspecified atom stereocenters. The molecule has 25 heavy (non-hydrogen) atoms. The molecule has 3 rings (SSSR count). The molecule has 3 aromatic rings. The molecular formula is C18H18FN5O. The second-order valence-electron chi connectivity index (χ2n) is 5.44. The third-order valence-electron chi connectivity index (χ3n) is 3.58. The number of benzene rings is 2. The lowest BCUT2D eigenvalue weighted by Crippen LogP contribution is -2.33. The highest BCUT2D eigenvalue weighted by Crippen LogP contribution is 2.13. The van der Waals surface area contributed by atoms with Crippen LogP contribution in [0.4, 0.5) is 4.39 Å². The topological polar surface area (TPSA) is 82.7 Å². The van der Waals surface area contributed by atoms with E-state index in [4.69, 9.17) is 0 Å². The zero-order valence-corrected chi connectivity index (χ0v) is 13.5. The summed E-state index contributed by atoms with van der Waals surface area (Å²) in [6.45, 7) is 0.649. The highest BCUT2D eigenvalue weighted by molar-refractivity contribution is 5.77. The molecule has 0 aliphatic carbocycles. The van der Waals surface area contributed by atoms with Crippen LogP contribution in [0.5, 0.6) is 0 Å². The summed E-state index contributed by atoms with van der Waals surface area (Å²) >= 11 is 0. The molecule has 128 valence electrons. The zero-order chi connectivity index (χ0) is 17.5. The van der Waals surface area contributed by atoms with Crippen molar-refractivity contribution < 1.29 is 9.18 Å². The van der Waals surface area contributed by atoms with Crippen molar-refractivity contribution in [2.75, 3.05) is 6.54 Å². The first-order valence-corrected chi connectivity index (χ1v) is 7.90. The van der Waals surface area contributed by atoms with Gasteiger partial charge in [0.1, 0.15) is 11.6 Å². The summed E-state index contributed by atoms with van der Waals surface area (Å²) in [6.07, 6.45) is 0. The van der Waals surface area contributed by atoms with E-state index in [9.17, 15) is 9.18 Å². The van der Waals surface area contributed by atoms with Gasteiger partial charge in [0.15, 0.2) is 5.82 Å². The van der Waals surface area contributed by atoms with E-state index in [0.29, 0.717) is 23.8 Å². The summed E-state index contributed by atoms with van der Waals surface area (Å²) < 4.78 is 13.5. The molecule has 0 saturated carbocycles. The van der Waals surface area contributed by atoms with Gasteiger partial charge in [0.05, 0.1) is 13.1 Å². The number of carbonyl (C=O) groups is 1. The van der Waals surface area contributed by atoms with Crippen molar-refractivity contribution >= 4 is 5.91 Å². The van der Waals surface area contributed by atoms with Gasteiger partial charge >= 0.3 is 0 Å². The van der Waals surface area contributed by atoms with Crippen molar-refractivity contribution in [1.29, 1.82) is 0 Å². The lowest BCUT2D eigenvalue weighted by molar-refractivity contribution is -0.120. The number of aromatic amines is 1.